The number of aromatic nitrogens is 3. The summed E-state index contributed by atoms with van der Waals surface area (Å²) in [7, 11) is 0. The molecule has 14 heavy (non-hydrogen) atoms. The maximum absolute atomic E-state index is 5.71. The molecule has 0 aliphatic heterocycles. The van der Waals surface area contributed by atoms with Gasteiger partial charge in [-0.2, -0.15) is 0 Å². The second kappa shape index (κ2) is 3.79. The van der Waals surface area contributed by atoms with Crippen molar-refractivity contribution in [1.82, 2.24) is 15.0 Å². The Morgan fingerprint density at radius 3 is 2.86 bits per heavy atom. The van der Waals surface area contributed by atoms with Crippen LogP contribution < -0.4 is 5.73 Å². The second-order valence-corrected chi connectivity index (χ2v) is 3.91. The molecule has 0 unspecified atom stereocenters. The van der Waals surface area contributed by atoms with Crippen LogP contribution in [0.2, 0.25) is 0 Å². The Bertz CT molecular complexity index is 404. The summed E-state index contributed by atoms with van der Waals surface area (Å²) in [6.07, 6.45) is 3.47. The standard InChI is InChI=1S/C9H9BrN4/c10-8-3-7(4-9(11)5-8)6-14-2-1-12-13-14/h1-5H,6,11H2. The van der Waals surface area contributed by atoms with E-state index in [4.69, 9.17) is 5.73 Å². The van der Waals surface area contributed by atoms with E-state index in [1.165, 1.54) is 0 Å². The molecule has 0 aliphatic carbocycles. The molecule has 5 heteroatoms. The number of benzene rings is 1. The third kappa shape index (κ3) is 2.11. The Labute approximate surface area is 89.9 Å². The molecule has 2 aromatic rings. The highest BCUT2D eigenvalue weighted by molar-refractivity contribution is 9.10. The van der Waals surface area contributed by atoms with Gasteiger partial charge in [-0.25, -0.2) is 4.68 Å². The number of anilines is 1. The minimum Gasteiger partial charge on any atom is -0.399 e. The molecule has 2 rings (SSSR count). The van der Waals surface area contributed by atoms with Crippen molar-refractivity contribution in [2.75, 3.05) is 5.73 Å². The predicted octanol–water partition coefficient (Wildman–Crippen LogP) is 1.67. The van der Waals surface area contributed by atoms with Crippen molar-refractivity contribution < 1.29 is 0 Å². The smallest absolute Gasteiger partial charge is 0.0693 e. The molecular weight excluding hydrogens is 244 g/mol. The number of nitrogen functional groups attached to an aromatic ring is 1. The Balaban J connectivity index is 2.25. The van der Waals surface area contributed by atoms with E-state index in [1.807, 2.05) is 24.4 Å². The summed E-state index contributed by atoms with van der Waals surface area (Å²) in [4.78, 5) is 0. The number of nitrogens with two attached hydrogens (primary N) is 1. The SMILES string of the molecule is Nc1cc(Br)cc(Cn2ccnn2)c1. The van der Waals surface area contributed by atoms with Crippen LogP contribution in [0.4, 0.5) is 5.69 Å². The van der Waals surface area contributed by atoms with E-state index in [0.717, 1.165) is 15.7 Å². The fourth-order valence-electron chi connectivity index (χ4n) is 1.27. The molecule has 1 aromatic carbocycles. The van der Waals surface area contributed by atoms with E-state index in [1.54, 1.807) is 10.9 Å². The molecule has 1 aromatic heterocycles. The maximum Gasteiger partial charge on any atom is 0.0693 e. The highest BCUT2D eigenvalue weighted by Crippen LogP contribution is 2.17. The van der Waals surface area contributed by atoms with Gasteiger partial charge in [0, 0.05) is 16.4 Å². The first kappa shape index (κ1) is 9.21. The number of halogens is 1. The summed E-state index contributed by atoms with van der Waals surface area (Å²) in [6, 6.07) is 5.80. The van der Waals surface area contributed by atoms with Crippen LogP contribution in [0.25, 0.3) is 0 Å². The maximum atomic E-state index is 5.71. The minimum absolute atomic E-state index is 0.684. The minimum atomic E-state index is 0.684. The molecule has 0 amide bonds. The van der Waals surface area contributed by atoms with Gasteiger partial charge >= 0.3 is 0 Å². The molecule has 0 atom stereocenters. The topological polar surface area (TPSA) is 56.7 Å². The lowest BCUT2D eigenvalue weighted by Gasteiger charge is -2.03. The van der Waals surface area contributed by atoms with Crippen molar-refractivity contribution in [3.8, 4) is 0 Å². The third-order valence-electron chi connectivity index (χ3n) is 1.80. The normalized spacial score (nSPS) is 10.4. The highest BCUT2D eigenvalue weighted by atomic mass is 79.9. The van der Waals surface area contributed by atoms with Gasteiger partial charge in [-0.15, -0.1) is 5.10 Å². The number of nitrogens with zero attached hydrogens (tertiary/aromatic N) is 3. The molecule has 72 valence electrons. The number of rotatable bonds is 2. The zero-order chi connectivity index (χ0) is 9.97. The first-order chi connectivity index (χ1) is 6.74. The Kier molecular flexibility index (Phi) is 2.49. The van der Waals surface area contributed by atoms with Crippen molar-refractivity contribution in [3.63, 3.8) is 0 Å². The monoisotopic (exact) mass is 252 g/mol. The fourth-order valence-corrected chi connectivity index (χ4v) is 1.83. The van der Waals surface area contributed by atoms with Crippen molar-refractivity contribution in [3.05, 3.63) is 40.6 Å². The third-order valence-corrected chi connectivity index (χ3v) is 2.25. The summed E-state index contributed by atoms with van der Waals surface area (Å²) in [6.45, 7) is 0.684. The van der Waals surface area contributed by atoms with E-state index in [-0.39, 0.29) is 0 Å². The van der Waals surface area contributed by atoms with Crippen LogP contribution in [0.1, 0.15) is 5.56 Å². The molecular formula is C9H9BrN4. The zero-order valence-electron chi connectivity index (χ0n) is 7.39. The number of hydrogen-bond acceptors (Lipinski definition) is 3. The van der Waals surface area contributed by atoms with Crippen LogP contribution >= 0.6 is 15.9 Å². The zero-order valence-corrected chi connectivity index (χ0v) is 8.98. The molecule has 0 saturated heterocycles. The van der Waals surface area contributed by atoms with Gasteiger partial charge in [0.1, 0.15) is 0 Å². The van der Waals surface area contributed by atoms with Crippen molar-refractivity contribution in [1.29, 1.82) is 0 Å². The summed E-state index contributed by atoms with van der Waals surface area (Å²) < 4.78 is 2.73. The molecule has 0 aliphatic rings. The molecule has 1 heterocycles. The summed E-state index contributed by atoms with van der Waals surface area (Å²) in [5.41, 5.74) is 7.56. The molecule has 4 nitrogen and oxygen atoms in total. The molecule has 0 radical (unpaired) electrons. The first-order valence-electron chi connectivity index (χ1n) is 4.13. The second-order valence-electron chi connectivity index (χ2n) is 2.99. The lowest BCUT2D eigenvalue weighted by atomic mass is 10.2. The van der Waals surface area contributed by atoms with Crippen LogP contribution in [0.15, 0.2) is 35.1 Å². The molecule has 0 spiro atoms. The highest BCUT2D eigenvalue weighted by Gasteiger charge is 1.98. The molecule has 2 N–H and O–H groups in total. The van der Waals surface area contributed by atoms with Gasteiger partial charge in [-0.05, 0) is 23.8 Å². The Hall–Kier alpha value is -1.36. The summed E-state index contributed by atoms with van der Waals surface area (Å²) >= 11 is 3.39. The van der Waals surface area contributed by atoms with Gasteiger partial charge in [0.05, 0.1) is 12.7 Å². The van der Waals surface area contributed by atoms with Gasteiger partial charge in [0.2, 0.25) is 0 Å². The predicted molar refractivity (Wildman–Crippen MR) is 57.7 cm³/mol. The van der Waals surface area contributed by atoms with E-state index in [2.05, 4.69) is 26.2 Å². The number of hydrogen-bond donors (Lipinski definition) is 1. The van der Waals surface area contributed by atoms with Gasteiger partial charge in [-0.3, -0.25) is 0 Å². The van der Waals surface area contributed by atoms with Crippen LogP contribution in [-0.2, 0) is 6.54 Å². The van der Waals surface area contributed by atoms with Crippen molar-refractivity contribution >= 4 is 21.6 Å². The van der Waals surface area contributed by atoms with Gasteiger partial charge in [-0.1, -0.05) is 21.1 Å². The van der Waals surface area contributed by atoms with Gasteiger partial charge in [0.15, 0.2) is 0 Å². The summed E-state index contributed by atoms with van der Waals surface area (Å²) in [5.74, 6) is 0. The Morgan fingerprint density at radius 2 is 2.21 bits per heavy atom. The van der Waals surface area contributed by atoms with Gasteiger partial charge in [0.25, 0.3) is 0 Å². The van der Waals surface area contributed by atoms with Crippen LogP contribution in [-0.4, -0.2) is 15.0 Å². The fraction of sp³-hybridized carbons (Fsp3) is 0.111. The van der Waals surface area contributed by atoms with Crippen LogP contribution in [0.3, 0.4) is 0 Å². The molecule has 0 fully saturated rings. The van der Waals surface area contributed by atoms with E-state index in [0.29, 0.717) is 6.54 Å². The van der Waals surface area contributed by atoms with Crippen molar-refractivity contribution in [2.24, 2.45) is 0 Å². The van der Waals surface area contributed by atoms with Gasteiger partial charge < -0.3 is 5.73 Å². The average Bonchev–Trinajstić information content (AvgIpc) is 2.54. The van der Waals surface area contributed by atoms with E-state index < -0.39 is 0 Å². The van der Waals surface area contributed by atoms with Crippen LogP contribution in [0, 0.1) is 0 Å². The first-order valence-corrected chi connectivity index (χ1v) is 4.92. The lowest BCUT2D eigenvalue weighted by Crippen LogP contribution is -2.01. The largest absolute Gasteiger partial charge is 0.399 e. The summed E-state index contributed by atoms with van der Waals surface area (Å²) in [5, 5.41) is 7.61. The van der Waals surface area contributed by atoms with E-state index >= 15 is 0 Å². The quantitative estimate of drug-likeness (QED) is 0.828. The van der Waals surface area contributed by atoms with Crippen molar-refractivity contribution in [2.45, 2.75) is 6.54 Å². The Morgan fingerprint density at radius 1 is 1.36 bits per heavy atom. The molecule has 0 saturated carbocycles. The lowest BCUT2D eigenvalue weighted by molar-refractivity contribution is 0.649. The van der Waals surface area contributed by atoms with E-state index in [9.17, 15) is 0 Å². The average molecular weight is 253 g/mol. The molecule has 0 bridgehead atoms. The van der Waals surface area contributed by atoms with Crippen LogP contribution in [0.5, 0.6) is 0 Å².